The lowest BCUT2D eigenvalue weighted by Crippen LogP contribution is -2.12. The number of rotatable bonds is 7. The van der Waals surface area contributed by atoms with Crippen molar-refractivity contribution in [1.29, 1.82) is 0 Å². The molecule has 18 heavy (non-hydrogen) atoms. The predicted octanol–water partition coefficient (Wildman–Crippen LogP) is 4.66. The molecule has 0 aromatic heterocycles. The molecular formula is C14H21ClFNO. The zero-order valence-corrected chi connectivity index (χ0v) is 11.8. The number of unbranched alkanes of at least 4 members (excludes halogenated alkanes) is 1. The second-order valence-electron chi connectivity index (χ2n) is 4.53. The maximum atomic E-state index is 13.3. The van der Waals surface area contributed by atoms with Crippen molar-refractivity contribution in [3.05, 3.63) is 23.0 Å². The lowest BCUT2D eigenvalue weighted by atomic mass is 10.0. The normalized spacial score (nSPS) is 12.4. The van der Waals surface area contributed by atoms with Gasteiger partial charge in [-0.25, -0.2) is 4.39 Å². The van der Waals surface area contributed by atoms with E-state index in [0.29, 0.717) is 24.0 Å². The van der Waals surface area contributed by atoms with Gasteiger partial charge in [0.1, 0.15) is 11.6 Å². The minimum atomic E-state index is -0.498. The van der Waals surface area contributed by atoms with Crippen LogP contribution < -0.4 is 10.5 Å². The quantitative estimate of drug-likeness (QED) is 0.734. The average Bonchev–Trinajstić information content (AvgIpc) is 2.35. The second kappa shape index (κ2) is 7.47. The number of halogens is 2. The first-order chi connectivity index (χ1) is 8.58. The van der Waals surface area contributed by atoms with Gasteiger partial charge in [0.25, 0.3) is 0 Å². The molecule has 0 saturated heterocycles. The third-order valence-electron chi connectivity index (χ3n) is 3.07. The fraction of sp³-hybridized carbons (Fsp3) is 0.571. The molecule has 0 fully saturated rings. The minimum absolute atomic E-state index is 0.0258. The van der Waals surface area contributed by atoms with E-state index in [2.05, 4.69) is 13.8 Å². The van der Waals surface area contributed by atoms with Gasteiger partial charge in [0.05, 0.1) is 17.3 Å². The average molecular weight is 274 g/mol. The van der Waals surface area contributed by atoms with Gasteiger partial charge in [-0.15, -0.1) is 0 Å². The van der Waals surface area contributed by atoms with Crippen molar-refractivity contribution in [2.24, 2.45) is 5.92 Å². The van der Waals surface area contributed by atoms with Crippen molar-refractivity contribution in [3.63, 3.8) is 0 Å². The van der Waals surface area contributed by atoms with Crippen LogP contribution in [0.25, 0.3) is 0 Å². The monoisotopic (exact) mass is 273 g/mol. The van der Waals surface area contributed by atoms with Gasteiger partial charge < -0.3 is 10.5 Å². The fourth-order valence-electron chi connectivity index (χ4n) is 1.77. The van der Waals surface area contributed by atoms with E-state index in [1.807, 2.05) is 0 Å². The van der Waals surface area contributed by atoms with E-state index in [-0.39, 0.29) is 5.02 Å². The Balaban J connectivity index is 2.59. The summed E-state index contributed by atoms with van der Waals surface area (Å²) in [7, 11) is 0. The Morgan fingerprint density at radius 3 is 2.72 bits per heavy atom. The molecule has 0 amide bonds. The highest BCUT2D eigenvalue weighted by Gasteiger charge is 2.11. The molecule has 1 rings (SSSR count). The zero-order chi connectivity index (χ0) is 13.5. The topological polar surface area (TPSA) is 35.2 Å². The summed E-state index contributed by atoms with van der Waals surface area (Å²) in [6.07, 6.45) is 4.54. The Bertz CT molecular complexity index is 384. The van der Waals surface area contributed by atoms with Crippen molar-refractivity contribution < 1.29 is 9.13 Å². The third kappa shape index (κ3) is 4.37. The molecule has 1 aromatic rings. The van der Waals surface area contributed by atoms with Crippen LogP contribution in [0.2, 0.25) is 5.02 Å². The van der Waals surface area contributed by atoms with E-state index in [4.69, 9.17) is 22.1 Å². The summed E-state index contributed by atoms with van der Waals surface area (Å²) in [4.78, 5) is 0. The fourth-order valence-corrected chi connectivity index (χ4v) is 1.95. The van der Waals surface area contributed by atoms with E-state index < -0.39 is 5.82 Å². The lowest BCUT2D eigenvalue weighted by Gasteiger charge is -2.16. The Kier molecular flexibility index (Phi) is 6.27. The van der Waals surface area contributed by atoms with E-state index in [1.54, 1.807) is 0 Å². The second-order valence-corrected chi connectivity index (χ2v) is 4.94. The SMILES string of the molecule is CCCCC(CC)COc1cc(F)c(Cl)cc1N. The van der Waals surface area contributed by atoms with Crippen LogP contribution in [0.4, 0.5) is 10.1 Å². The Hall–Kier alpha value is -0.960. The molecule has 102 valence electrons. The molecule has 2 nitrogen and oxygen atoms in total. The van der Waals surface area contributed by atoms with E-state index in [0.717, 1.165) is 12.8 Å². The number of hydrogen-bond acceptors (Lipinski definition) is 2. The van der Waals surface area contributed by atoms with Gasteiger partial charge in [0, 0.05) is 6.07 Å². The largest absolute Gasteiger partial charge is 0.491 e. The van der Waals surface area contributed by atoms with Crippen molar-refractivity contribution in [1.82, 2.24) is 0 Å². The third-order valence-corrected chi connectivity index (χ3v) is 3.36. The molecule has 1 atom stereocenters. The van der Waals surface area contributed by atoms with Gasteiger partial charge in [0.2, 0.25) is 0 Å². The zero-order valence-electron chi connectivity index (χ0n) is 11.0. The molecule has 0 bridgehead atoms. The molecule has 0 aliphatic heterocycles. The van der Waals surface area contributed by atoms with Gasteiger partial charge in [-0.1, -0.05) is 44.7 Å². The number of nitrogens with two attached hydrogens (primary N) is 1. The van der Waals surface area contributed by atoms with Crippen molar-refractivity contribution in [2.75, 3.05) is 12.3 Å². The van der Waals surface area contributed by atoms with Crippen LogP contribution in [0.5, 0.6) is 5.75 Å². The van der Waals surface area contributed by atoms with Crippen LogP contribution in [-0.2, 0) is 0 Å². The molecule has 0 aliphatic carbocycles. The number of anilines is 1. The summed E-state index contributed by atoms with van der Waals surface area (Å²) >= 11 is 5.63. The molecular weight excluding hydrogens is 253 g/mol. The standard InChI is InChI=1S/C14H21ClFNO/c1-3-5-6-10(4-2)9-18-14-8-12(16)11(15)7-13(14)17/h7-8,10H,3-6,9,17H2,1-2H3. The van der Waals surface area contributed by atoms with Gasteiger partial charge in [-0.3, -0.25) is 0 Å². The molecule has 2 N–H and O–H groups in total. The Morgan fingerprint density at radius 2 is 2.11 bits per heavy atom. The number of hydrogen-bond donors (Lipinski definition) is 1. The van der Waals surface area contributed by atoms with Crippen molar-refractivity contribution >= 4 is 17.3 Å². The highest BCUT2D eigenvalue weighted by Crippen LogP contribution is 2.28. The van der Waals surface area contributed by atoms with Crippen molar-refractivity contribution in [2.45, 2.75) is 39.5 Å². The first-order valence-corrected chi connectivity index (χ1v) is 6.83. The number of benzene rings is 1. The predicted molar refractivity (Wildman–Crippen MR) is 74.6 cm³/mol. The summed E-state index contributed by atoms with van der Waals surface area (Å²) < 4.78 is 18.9. The number of nitrogen functional groups attached to an aromatic ring is 1. The van der Waals surface area contributed by atoms with Gasteiger partial charge in [-0.05, 0) is 18.4 Å². The highest BCUT2D eigenvalue weighted by molar-refractivity contribution is 6.31. The lowest BCUT2D eigenvalue weighted by molar-refractivity contribution is 0.233. The molecule has 1 unspecified atom stereocenters. The smallest absolute Gasteiger partial charge is 0.145 e. The van der Waals surface area contributed by atoms with Crippen LogP contribution in [0, 0.1) is 11.7 Å². The van der Waals surface area contributed by atoms with Crippen molar-refractivity contribution in [3.8, 4) is 5.75 Å². The van der Waals surface area contributed by atoms with Gasteiger partial charge in [-0.2, -0.15) is 0 Å². The molecule has 0 radical (unpaired) electrons. The van der Waals surface area contributed by atoms with Crippen LogP contribution in [0.15, 0.2) is 12.1 Å². The molecule has 0 heterocycles. The minimum Gasteiger partial charge on any atom is -0.491 e. The van der Waals surface area contributed by atoms with E-state index >= 15 is 0 Å². The summed E-state index contributed by atoms with van der Waals surface area (Å²) in [5.74, 6) is 0.373. The van der Waals surface area contributed by atoms with Crippen LogP contribution in [0.1, 0.15) is 39.5 Å². The molecule has 4 heteroatoms. The molecule has 0 saturated carbocycles. The van der Waals surface area contributed by atoms with Crippen LogP contribution >= 0.6 is 11.6 Å². The first kappa shape index (κ1) is 15.1. The summed E-state index contributed by atoms with van der Waals surface area (Å²) in [5, 5.41) is 0.0258. The van der Waals surface area contributed by atoms with Gasteiger partial charge in [0.15, 0.2) is 0 Å². The Labute approximate surface area is 113 Å². The first-order valence-electron chi connectivity index (χ1n) is 6.45. The van der Waals surface area contributed by atoms with Crippen LogP contribution in [-0.4, -0.2) is 6.61 Å². The molecule has 0 aliphatic rings. The number of ether oxygens (including phenoxy) is 1. The van der Waals surface area contributed by atoms with Crippen LogP contribution in [0.3, 0.4) is 0 Å². The summed E-state index contributed by atoms with van der Waals surface area (Å²) in [6.45, 7) is 4.87. The summed E-state index contributed by atoms with van der Waals surface area (Å²) in [6, 6.07) is 2.64. The maximum absolute atomic E-state index is 13.3. The molecule has 1 aromatic carbocycles. The highest BCUT2D eigenvalue weighted by atomic mass is 35.5. The maximum Gasteiger partial charge on any atom is 0.145 e. The van der Waals surface area contributed by atoms with Gasteiger partial charge >= 0.3 is 0 Å². The molecule has 0 spiro atoms. The Morgan fingerprint density at radius 1 is 1.39 bits per heavy atom. The summed E-state index contributed by atoms with van der Waals surface area (Å²) in [5.41, 5.74) is 6.12. The van der Waals surface area contributed by atoms with E-state index in [9.17, 15) is 4.39 Å². The van der Waals surface area contributed by atoms with E-state index in [1.165, 1.54) is 25.0 Å².